The minimum atomic E-state index is -2.03. The molecule has 2 heterocycles. The van der Waals surface area contributed by atoms with E-state index < -0.39 is 20.0 Å². The van der Waals surface area contributed by atoms with E-state index in [0.29, 0.717) is 0 Å². The molecular formula is C18H11InS2. The second-order valence-corrected chi connectivity index (χ2v) is 17.9. The van der Waals surface area contributed by atoms with Gasteiger partial charge >= 0.3 is 140 Å². The van der Waals surface area contributed by atoms with Gasteiger partial charge in [-0.2, -0.15) is 0 Å². The zero-order valence-electron chi connectivity index (χ0n) is 11.2. The zero-order valence-corrected chi connectivity index (χ0v) is 16.2. The molecule has 5 rings (SSSR count). The van der Waals surface area contributed by atoms with E-state index in [1.54, 1.807) is 6.64 Å². The first-order valence-corrected chi connectivity index (χ1v) is 16.1. The Morgan fingerprint density at radius 1 is 0.619 bits per heavy atom. The summed E-state index contributed by atoms with van der Waals surface area (Å²) in [6, 6.07) is 24.9. The van der Waals surface area contributed by atoms with Gasteiger partial charge in [0.1, 0.15) is 0 Å². The van der Waals surface area contributed by atoms with Gasteiger partial charge < -0.3 is 0 Å². The second-order valence-electron chi connectivity index (χ2n) is 5.35. The molecule has 0 aromatic heterocycles. The summed E-state index contributed by atoms with van der Waals surface area (Å²) in [5.41, 5.74) is 2.94. The zero-order chi connectivity index (χ0) is 13.8. The normalized spacial score (nSPS) is 14.2. The summed E-state index contributed by atoms with van der Waals surface area (Å²) in [5.74, 6) is 0. The fraction of sp³-hybridized carbons (Fsp3) is 0. The Bertz CT molecular complexity index is 873. The average Bonchev–Trinajstić information content (AvgIpc) is 2.55. The quantitative estimate of drug-likeness (QED) is 0.553. The number of hydrogen-bond acceptors (Lipinski definition) is 2. The van der Waals surface area contributed by atoms with Crippen LogP contribution in [0.25, 0.3) is 11.1 Å². The van der Waals surface area contributed by atoms with Gasteiger partial charge in [0.15, 0.2) is 0 Å². The van der Waals surface area contributed by atoms with Gasteiger partial charge in [-0.25, -0.2) is 0 Å². The van der Waals surface area contributed by atoms with Crippen LogP contribution in [0.4, 0.5) is 0 Å². The van der Waals surface area contributed by atoms with Gasteiger partial charge in [0.05, 0.1) is 0 Å². The molecule has 0 atom stereocenters. The molecule has 3 heteroatoms. The first-order chi connectivity index (χ1) is 10.4. The van der Waals surface area contributed by atoms with E-state index in [-0.39, 0.29) is 0 Å². The maximum atomic E-state index is 2.38. The first-order valence-electron chi connectivity index (χ1n) is 7.07. The fourth-order valence-electron chi connectivity index (χ4n) is 3.24. The Morgan fingerprint density at radius 2 is 1.33 bits per heavy atom. The van der Waals surface area contributed by atoms with Crippen molar-refractivity contribution in [2.45, 2.75) is 14.7 Å². The molecule has 0 nitrogen and oxygen atoms in total. The van der Waals surface area contributed by atoms with Crippen LogP contribution >= 0.6 is 20.3 Å². The Hall–Kier alpha value is -0.770. The molecule has 3 aromatic rings. The molecule has 0 N–H and O–H groups in total. The van der Waals surface area contributed by atoms with Gasteiger partial charge in [-0.3, -0.25) is 0 Å². The second kappa shape index (κ2) is 4.87. The van der Waals surface area contributed by atoms with Gasteiger partial charge in [0.2, 0.25) is 0 Å². The van der Waals surface area contributed by atoms with E-state index in [9.17, 15) is 0 Å². The van der Waals surface area contributed by atoms with E-state index in [1.807, 2.05) is 11.8 Å². The average molecular weight is 406 g/mol. The summed E-state index contributed by atoms with van der Waals surface area (Å²) in [5, 5.41) is 0. The summed E-state index contributed by atoms with van der Waals surface area (Å²) in [4.78, 5) is 4.49. The van der Waals surface area contributed by atoms with Crippen LogP contribution in [-0.4, -0.2) is 20.0 Å². The molecule has 0 radical (unpaired) electrons. The minimum absolute atomic E-state index is 1.44. The number of benzene rings is 3. The number of rotatable bonds is 0. The summed E-state index contributed by atoms with van der Waals surface area (Å²) in [6.07, 6.45) is 0. The van der Waals surface area contributed by atoms with E-state index in [4.69, 9.17) is 0 Å². The van der Waals surface area contributed by atoms with Gasteiger partial charge in [0.25, 0.3) is 0 Å². The topological polar surface area (TPSA) is 0 Å². The third-order valence-corrected chi connectivity index (χ3v) is 21.2. The van der Waals surface area contributed by atoms with Gasteiger partial charge in [-0.15, -0.1) is 0 Å². The number of hydrogen-bond donors (Lipinski definition) is 0. The third kappa shape index (κ3) is 1.87. The molecule has 0 saturated carbocycles. The molecule has 0 bridgehead atoms. The van der Waals surface area contributed by atoms with Crippen molar-refractivity contribution in [1.82, 2.24) is 0 Å². The Balaban J connectivity index is 1.85. The standard InChI is InChI=1S/C18H12S2.In/c19-18-12-5-4-11-17(18)14-7-6-10-16(13-14)20-15-8-2-1-3-9-15;/h1-8,10-12,19H;/q;+1/p-1. The molecular weight excluding hydrogens is 395 g/mol. The molecule has 21 heavy (non-hydrogen) atoms. The van der Waals surface area contributed by atoms with E-state index in [0.717, 1.165) is 0 Å². The maximum absolute atomic E-state index is 2.38. The number of fused-ring (bicyclic) bond motifs is 4. The SMILES string of the molecule is c1ccc2c(c1)[S][In]1[c]3ccccc3Sc3cccc-2[c]31. The van der Waals surface area contributed by atoms with Crippen molar-refractivity contribution in [3.05, 3.63) is 66.7 Å². The van der Waals surface area contributed by atoms with Crippen LogP contribution in [0.15, 0.2) is 81.4 Å². The van der Waals surface area contributed by atoms with Crippen molar-refractivity contribution in [1.29, 1.82) is 0 Å². The van der Waals surface area contributed by atoms with Crippen molar-refractivity contribution in [2.75, 3.05) is 0 Å². The summed E-state index contributed by atoms with van der Waals surface area (Å²) >= 11 is -0.0645. The molecule has 0 fully saturated rings. The van der Waals surface area contributed by atoms with Crippen molar-refractivity contribution in [2.24, 2.45) is 0 Å². The van der Waals surface area contributed by atoms with Crippen LogP contribution in [-0.2, 0) is 0 Å². The summed E-state index contributed by atoms with van der Waals surface area (Å²) in [7, 11) is 2.20. The molecule has 98 valence electrons. The van der Waals surface area contributed by atoms with Crippen LogP contribution in [0.5, 0.6) is 0 Å². The van der Waals surface area contributed by atoms with Gasteiger partial charge in [-0.05, 0) is 0 Å². The van der Waals surface area contributed by atoms with Crippen LogP contribution in [0, 0.1) is 0 Å². The van der Waals surface area contributed by atoms with Crippen molar-refractivity contribution in [3.8, 4) is 11.1 Å². The van der Waals surface area contributed by atoms with Crippen LogP contribution < -0.4 is 6.64 Å². The Labute approximate surface area is 138 Å². The van der Waals surface area contributed by atoms with Crippen molar-refractivity contribution < 1.29 is 0 Å². The monoisotopic (exact) mass is 406 g/mol. The molecule has 0 spiro atoms. The Morgan fingerprint density at radius 3 is 2.29 bits per heavy atom. The third-order valence-electron chi connectivity index (χ3n) is 4.17. The van der Waals surface area contributed by atoms with Crippen molar-refractivity contribution in [3.63, 3.8) is 0 Å². The van der Waals surface area contributed by atoms with Crippen LogP contribution in [0.2, 0.25) is 0 Å². The molecule has 2 aliphatic rings. The van der Waals surface area contributed by atoms with Gasteiger partial charge in [-0.1, -0.05) is 0 Å². The van der Waals surface area contributed by atoms with E-state index in [1.165, 1.54) is 25.8 Å². The molecule has 0 unspecified atom stereocenters. The van der Waals surface area contributed by atoms with E-state index >= 15 is 0 Å². The fourth-order valence-corrected chi connectivity index (χ4v) is 23.1. The molecule has 0 saturated heterocycles. The first kappa shape index (κ1) is 12.7. The Kier molecular flexibility index (Phi) is 2.95. The van der Waals surface area contributed by atoms with Crippen LogP contribution in [0.3, 0.4) is 0 Å². The van der Waals surface area contributed by atoms with Gasteiger partial charge in [0, 0.05) is 0 Å². The summed E-state index contributed by atoms with van der Waals surface area (Å²) in [6.45, 7) is 0. The molecule has 3 aromatic carbocycles. The van der Waals surface area contributed by atoms with Crippen molar-refractivity contribution >= 4 is 47.0 Å². The predicted octanol–water partition coefficient (Wildman–Crippen LogP) is 4.03. The van der Waals surface area contributed by atoms with E-state index in [2.05, 4.69) is 75.3 Å². The molecule has 2 aliphatic heterocycles. The predicted molar refractivity (Wildman–Crippen MR) is 93.3 cm³/mol. The molecule has 0 amide bonds. The van der Waals surface area contributed by atoms with Crippen LogP contribution in [0.1, 0.15) is 0 Å². The summed E-state index contributed by atoms with van der Waals surface area (Å²) < 4.78 is 3.38. The molecule has 0 aliphatic carbocycles.